The summed E-state index contributed by atoms with van der Waals surface area (Å²) in [7, 11) is 0. The molecule has 1 aromatic heterocycles. The second kappa shape index (κ2) is 6.81. The highest BCUT2D eigenvalue weighted by Gasteiger charge is 2.39. The molecule has 1 aliphatic heterocycles. The van der Waals surface area contributed by atoms with Gasteiger partial charge in [0, 0.05) is 30.5 Å². The third kappa shape index (κ3) is 2.95. The maximum absolute atomic E-state index is 12.9. The molecule has 1 amide bonds. The van der Waals surface area contributed by atoms with Gasteiger partial charge >= 0.3 is 0 Å². The fraction of sp³-hybridized carbons (Fsp3) is 0.200. The van der Waals surface area contributed by atoms with Crippen molar-refractivity contribution in [2.24, 2.45) is 0 Å². The summed E-state index contributed by atoms with van der Waals surface area (Å²) in [6.45, 7) is 1.11. The number of amides is 1. The van der Waals surface area contributed by atoms with E-state index in [1.807, 2.05) is 23.1 Å². The van der Waals surface area contributed by atoms with Gasteiger partial charge in [0.1, 0.15) is 0 Å². The summed E-state index contributed by atoms with van der Waals surface area (Å²) >= 11 is 0. The number of likely N-dealkylation sites (tertiary alicyclic amines) is 1. The van der Waals surface area contributed by atoms with Gasteiger partial charge in [-0.3, -0.25) is 4.79 Å². The largest absolute Gasteiger partial charge is 0.343 e. The quantitative estimate of drug-likeness (QED) is 0.729. The summed E-state index contributed by atoms with van der Waals surface area (Å²) in [6, 6.07) is 18.9. The van der Waals surface area contributed by atoms with Crippen LogP contribution in [0.3, 0.4) is 0 Å². The predicted octanol–water partition coefficient (Wildman–Crippen LogP) is 2.96. The third-order valence-corrected chi connectivity index (χ3v) is 4.81. The summed E-state index contributed by atoms with van der Waals surface area (Å²) in [5.41, 5.74) is 2.26. The molecule has 1 fully saturated rings. The monoisotopic (exact) mass is 344 g/mol. The summed E-state index contributed by atoms with van der Waals surface area (Å²) < 4.78 is 4.92. The number of aromatic nitrogens is 2. The molecule has 26 heavy (non-hydrogen) atoms. The van der Waals surface area contributed by atoms with E-state index in [0.29, 0.717) is 30.0 Å². The second-order valence-corrected chi connectivity index (χ2v) is 6.31. The second-order valence-electron chi connectivity index (χ2n) is 6.31. The van der Waals surface area contributed by atoms with Gasteiger partial charge in [-0.05, 0) is 29.8 Å². The van der Waals surface area contributed by atoms with Gasteiger partial charge in [-0.25, -0.2) is 0 Å². The van der Waals surface area contributed by atoms with Crippen LogP contribution in [0.1, 0.15) is 39.1 Å². The van der Waals surface area contributed by atoms with E-state index in [1.165, 1.54) is 6.39 Å². The van der Waals surface area contributed by atoms with Crippen LogP contribution in [0.25, 0.3) is 0 Å². The van der Waals surface area contributed by atoms with Crippen molar-refractivity contribution in [2.75, 3.05) is 13.1 Å². The zero-order chi connectivity index (χ0) is 17.9. The van der Waals surface area contributed by atoms with Crippen LogP contribution in [0.2, 0.25) is 0 Å². The van der Waals surface area contributed by atoms with E-state index in [9.17, 15) is 4.79 Å². The number of hydrogen-bond donors (Lipinski definition) is 0. The molecule has 0 saturated carbocycles. The number of nitrogens with zero attached hydrogens (tertiary/aromatic N) is 4. The lowest BCUT2D eigenvalue weighted by Gasteiger charge is -2.16. The van der Waals surface area contributed by atoms with Crippen LogP contribution < -0.4 is 0 Å². The van der Waals surface area contributed by atoms with Gasteiger partial charge in [-0.2, -0.15) is 10.2 Å². The highest BCUT2D eigenvalue weighted by Crippen LogP contribution is 2.38. The fourth-order valence-electron chi connectivity index (χ4n) is 3.48. The van der Waals surface area contributed by atoms with Crippen LogP contribution in [0.4, 0.5) is 0 Å². The van der Waals surface area contributed by atoms with Crippen molar-refractivity contribution < 1.29 is 9.32 Å². The smallest absolute Gasteiger partial charge is 0.253 e. The Kier molecular flexibility index (Phi) is 4.20. The Morgan fingerprint density at radius 3 is 2.46 bits per heavy atom. The van der Waals surface area contributed by atoms with Gasteiger partial charge in [-0.15, -0.1) is 0 Å². The van der Waals surface area contributed by atoms with Gasteiger partial charge in [0.2, 0.25) is 6.39 Å². The molecule has 2 atom stereocenters. The summed E-state index contributed by atoms with van der Waals surface area (Å²) in [4.78, 5) is 18.9. The third-order valence-electron chi connectivity index (χ3n) is 4.81. The molecule has 2 aromatic carbocycles. The van der Waals surface area contributed by atoms with Crippen LogP contribution in [-0.4, -0.2) is 34.0 Å². The standard InChI is InChI=1S/C20H16N4O2/c21-10-14-6-8-16(9-7-14)20(25)24-11-17(15-4-2-1-3-5-15)18(12-24)19-22-13-26-23-19/h1-9,13,17-18H,11-12H2/t17-,18-/m0/s1. The van der Waals surface area contributed by atoms with Crippen molar-refractivity contribution in [1.29, 1.82) is 5.26 Å². The first-order chi connectivity index (χ1) is 12.8. The van der Waals surface area contributed by atoms with E-state index in [0.717, 1.165) is 5.56 Å². The lowest BCUT2D eigenvalue weighted by atomic mass is 9.88. The van der Waals surface area contributed by atoms with Crippen molar-refractivity contribution >= 4 is 5.91 Å². The van der Waals surface area contributed by atoms with Gasteiger partial charge in [0.25, 0.3) is 5.91 Å². The molecule has 0 spiro atoms. The van der Waals surface area contributed by atoms with Crippen molar-refractivity contribution in [3.05, 3.63) is 83.5 Å². The van der Waals surface area contributed by atoms with Crippen LogP contribution in [0.15, 0.2) is 65.5 Å². The Balaban J connectivity index is 1.62. The number of rotatable bonds is 3. The number of hydrogen-bond acceptors (Lipinski definition) is 5. The van der Waals surface area contributed by atoms with Crippen LogP contribution in [0.5, 0.6) is 0 Å². The van der Waals surface area contributed by atoms with Crippen molar-refractivity contribution in [2.45, 2.75) is 11.8 Å². The van der Waals surface area contributed by atoms with Crippen LogP contribution in [0, 0.1) is 11.3 Å². The Hall–Kier alpha value is -3.46. The first kappa shape index (κ1) is 16.0. The molecule has 0 aliphatic carbocycles. The maximum Gasteiger partial charge on any atom is 0.253 e. The lowest BCUT2D eigenvalue weighted by molar-refractivity contribution is 0.0789. The molecule has 0 unspecified atom stereocenters. The van der Waals surface area contributed by atoms with Gasteiger partial charge < -0.3 is 9.42 Å². The summed E-state index contributed by atoms with van der Waals surface area (Å²) in [5.74, 6) is 0.657. The normalized spacial score (nSPS) is 19.3. The van der Waals surface area contributed by atoms with E-state index >= 15 is 0 Å². The fourth-order valence-corrected chi connectivity index (χ4v) is 3.48. The average molecular weight is 344 g/mol. The Morgan fingerprint density at radius 1 is 1.08 bits per heavy atom. The van der Waals surface area contributed by atoms with Crippen LogP contribution in [-0.2, 0) is 0 Å². The van der Waals surface area contributed by atoms with Gasteiger partial charge in [0.05, 0.1) is 11.6 Å². The minimum absolute atomic E-state index is 0.0153. The topological polar surface area (TPSA) is 83.0 Å². The molecular weight excluding hydrogens is 328 g/mol. The summed E-state index contributed by atoms with van der Waals surface area (Å²) in [5, 5.41) is 12.9. The molecule has 0 bridgehead atoms. The molecule has 6 heteroatoms. The van der Waals surface area contributed by atoms with Gasteiger partial charge in [0.15, 0.2) is 5.82 Å². The number of carbonyl (C=O) groups is 1. The van der Waals surface area contributed by atoms with Crippen molar-refractivity contribution in [3.8, 4) is 6.07 Å². The first-order valence-corrected chi connectivity index (χ1v) is 8.37. The predicted molar refractivity (Wildman–Crippen MR) is 93.3 cm³/mol. The molecule has 2 heterocycles. The van der Waals surface area contributed by atoms with E-state index in [-0.39, 0.29) is 17.7 Å². The SMILES string of the molecule is N#Cc1ccc(C(=O)N2C[C@H](c3ncon3)[C@H](c3ccccc3)C2)cc1. The number of nitriles is 1. The molecule has 1 saturated heterocycles. The zero-order valence-corrected chi connectivity index (χ0v) is 13.9. The van der Waals surface area contributed by atoms with E-state index in [4.69, 9.17) is 9.78 Å². The molecule has 0 N–H and O–H groups in total. The molecule has 6 nitrogen and oxygen atoms in total. The zero-order valence-electron chi connectivity index (χ0n) is 13.9. The van der Waals surface area contributed by atoms with Crippen LogP contribution >= 0.6 is 0 Å². The number of benzene rings is 2. The number of carbonyl (C=O) groups excluding carboxylic acids is 1. The van der Waals surface area contributed by atoms with Gasteiger partial charge in [-0.1, -0.05) is 35.5 Å². The molecule has 128 valence electrons. The van der Waals surface area contributed by atoms with E-state index in [2.05, 4.69) is 28.3 Å². The Bertz CT molecular complexity index is 930. The van der Waals surface area contributed by atoms with Crippen molar-refractivity contribution in [1.82, 2.24) is 15.0 Å². The van der Waals surface area contributed by atoms with Crippen molar-refractivity contribution in [3.63, 3.8) is 0 Å². The minimum atomic E-state index is -0.0542. The van der Waals surface area contributed by atoms with E-state index < -0.39 is 0 Å². The highest BCUT2D eigenvalue weighted by atomic mass is 16.5. The van der Waals surface area contributed by atoms with E-state index in [1.54, 1.807) is 24.3 Å². The lowest BCUT2D eigenvalue weighted by Crippen LogP contribution is -2.28. The minimum Gasteiger partial charge on any atom is -0.343 e. The maximum atomic E-state index is 12.9. The molecular formula is C20H16N4O2. The first-order valence-electron chi connectivity index (χ1n) is 8.37. The summed E-state index contributed by atoms with van der Waals surface area (Å²) in [6.07, 6.45) is 1.32. The molecule has 3 aromatic rings. The Morgan fingerprint density at radius 2 is 1.81 bits per heavy atom. The average Bonchev–Trinajstić information content (AvgIpc) is 3.38. The highest BCUT2D eigenvalue weighted by molar-refractivity contribution is 5.94. The Labute approximate surface area is 150 Å². The molecule has 0 radical (unpaired) electrons. The molecule has 4 rings (SSSR count). The molecule has 1 aliphatic rings.